The fourth-order valence-corrected chi connectivity index (χ4v) is 0. The zero-order valence-electron chi connectivity index (χ0n) is 5.26. The van der Waals surface area contributed by atoms with Gasteiger partial charge in [-0.05, 0) is 13.8 Å². The number of rotatable bonds is 1. The standard InChI is InChI=1S/C4H8O3.CH3/c1-4(2,7)3(5)6;/h7H,1-2H3,(H,5,6);1H3/q;+1/p-1. The van der Waals surface area contributed by atoms with Crippen molar-refractivity contribution in [1.29, 1.82) is 0 Å². The molecule has 0 amide bonds. The fourth-order valence-electron chi connectivity index (χ4n) is 0. The van der Waals surface area contributed by atoms with Crippen LogP contribution in [-0.4, -0.2) is 16.7 Å². The minimum absolute atomic E-state index is 0. The lowest BCUT2D eigenvalue weighted by atomic mass is 10.1. The van der Waals surface area contributed by atoms with Gasteiger partial charge in [0.1, 0.15) is 0 Å². The molecular weight excluding hydrogens is 108 g/mol. The predicted molar refractivity (Wildman–Crippen MR) is 27.7 cm³/mol. The lowest BCUT2D eigenvalue weighted by Crippen LogP contribution is -2.43. The molecule has 0 unspecified atom stereocenters. The Labute approximate surface area is 49.0 Å². The van der Waals surface area contributed by atoms with Crippen LogP contribution in [0.25, 0.3) is 0 Å². The highest BCUT2D eigenvalue weighted by Gasteiger charge is 2.11. The number of carboxylic acid groups (broad SMARTS) is 1. The van der Waals surface area contributed by atoms with E-state index in [1.54, 1.807) is 0 Å². The van der Waals surface area contributed by atoms with E-state index in [0.717, 1.165) is 13.8 Å². The average Bonchev–Trinajstić information content (AvgIpc) is 1.31. The predicted octanol–water partition coefficient (Wildman–Crippen LogP) is -1.04. The van der Waals surface area contributed by atoms with Crippen molar-refractivity contribution in [2.75, 3.05) is 0 Å². The van der Waals surface area contributed by atoms with Gasteiger partial charge in [-0.2, -0.15) is 0 Å². The number of carbonyl (C=O) groups is 1. The Balaban J connectivity index is 0. The molecular formula is C5H10O3. The minimum Gasteiger partial charge on any atom is -0.547 e. The van der Waals surface area contributed by atoms with Gasteiger partial charge in [0.2, 0.25) is 0 Å². The monoisotopic (exact) mass is 118 g/mol. The van der Waals surface area contributed by atoms with Crippen LogP contribution in [0.4, 0.5) is 0 Å². The van der Waals surface area contributed by atoms with E-state index >= 15 is 0 Å². The molecule has 0 saturated heterocycles. The van der Waals surface area contributed by atoms with Crippen LogP contribution in [0.5, 0.6) is 0 Å². The maximum Gasteiger partial charge on any atom is 0.0983 e. The summed E-state index contributed by atoms with van der Waals surface area (Å²) in [6.07, 6.45) is 0. The maximum absolute atomic E-state index is 9.66. The molecule has 0 fully saturated rings. The molecule has 0 rings (SSSR count). The van der Waals surface area contributed by atoms with Crippen molar-refractivity contribution in [3.05, 3.63) is 7.43 Å². The lowest BCUT2D eigenvalue weighted by molar-refractivity contribution is -0.322. The summed E-state index contributed by atoms with van der Waals surface area (Å²) in [4.78, 5) is 9.66. The van der Waals surface area contributed by atoms with E-state index in [-0.39, 0.29) is 7.43 Å². The number of aliphatic carboxylic acids is 1. The van der Waals surface area contributed by atoms with Crippen molar-refractivity contribution in [2.45, 2.75) is 19.4 Å². The average molecular weight is 118 g/mol. The molecule has 1 N–H and O–H groups in total. The van der Waals surface area contributed by atoms with Gasteiger partial charge in [0.15, 0.2) is 0 Å². The summed E-state index contributed by atoms with van der Waals surface area (Å²) in [5, 5.41) is 18.1. The van der Waals surface area contributed by atoms with Crippen LogP contribution in [0.3, 0.4) is 0 Å². The van der Waals surface area contributed by atoms with E-state index in [1.807, 2.05) is 0 Å². The van der Waals surface area contributed by atoms with Gasteiger partial charge in [0.05, 0.1) is 11.6 Å². The Bertz CT molecular complexity index is 80.2. The number of hydrogen-bond acceptors (Lipinski definition) is 3. The van der Waals surface area contributed by atoms with E-state index in [0.29, 0.717) is 0 Å². The molecule has 48 valence electrons. The van der Waals surface area contributed by atoms with Crippen LogP contribution in [0.1, 0.15) is 13.8 Å². The normalized spacial score (nSPS) is 9.88. The molecule has 0 spiro atoms. The first-order chi connectivity index (χ1) is 2.94. The Morgan fingerprint density at radius 1 is 1.62 bits per heavy atom. The highest BCUT2D eigenvalue weighted by molar-refractivity contribution is 5.73. The summed E-state index contributed by atoms with van der Waals surface area (Å²) in [5.41, 5.74) is -1.69. The van der Waals surface area contributed by atoms with Crippen molar-refractivity contribution in [1.82, 2.24) is 0 Å². The van der Waals surface area contributed by atoms with Gasteiger partial charge in [-0.15, -0.1) is 0 Å². The van der Waals surface area contributed by atoms with Crippen molar-refractivity contribution in [2.24, 2.45) is 0 Å². The van der Waals surface area contributed by atoms with E-state index in [2.05, 4.69) is 0 Å². The molecule has 0 aliphatic rings. The van der Waals surface area contributed by atoms with Crippen LogP contribution >= 0.6 is 0 Å². The number of hydrogen-bond donors (Lipinski definition) is 1. The van der Waals surface area contributed by atoms with E-state index in [4.69, 9.17) is 5.11 Å². The van der Waals surface area contributed by atoms with E-state index < -0.39 is 11.6 Å². The van der Waals surface area contributed by atoms with Crippen LogP contribution in [0, 0.1) is 7.43 Å². The third kappa shape index (κ3) is 3.49. The molecule has 3 nitrogen and oxygen atoms in total. The summed E-state index contributed by atoms with van der Waals surface area (Å²) in [6, 6.07) is 0. The second kappa shape index (κ2) is 2.57. The molecule has 0 saturated carbocycles. The minimum atomic E-state index is -1.69. The van der Waals surface area contributed by atoms with Gasteiger partial charge in [0.25, 0.3) is 0 Å². The molecule has 0 bridgehead atoms. The quantitative estimate of drug-likeness (QED) is 0.447. The van der Waals surface area contributed by atoms with Crippen molar-refractivity contribution in [3.63, 3.8) is 0 Å². The van der Waals surface area contributed by atoms with Gasteiger partial charge < -0.3 is 15.0 Å². The Kier molecular flexibility index (Phi) is 3.31. The van der Waals surface area contributed by atoms with Crippen LogP contribution in [0.15, 0.2) is 0 Å². The molecule has 0 aromatic heterocycles. The fraction of sp³-hybridized carbons (Fsp3) is 0.600. The van der Waals surface area contributed by atoms with Crippen LogP contribution in [0.2, 0.25) is 0 Å². The van der Waals surface area contributed by atoms with Crippen LogP contribution in [-0.2, 0) is 4.79 Å². The Morgan fingerprint density at radius 3 is 1.75 bits per heavy atom. The Hall–Kier alpha value is -0.700. The molecule has 0 aliphatic heterocycles. The summed E-state index contributed by atoms with van der Waals surface area (Å²) < 4.78 is 0. The summed E-state index contributed by atoms with van der Waals surface area (Å²) in [5.74, 6) is -1.45. The molecule has 0 aliphatic carbocycles. The lowest BCUT2D eigenvalue weighted by Gasteiger charge is -2.16. The highest BCUT2D eigenvalue weighted by Crippen LogP contribution is 1.95. The third-order valence-corrected chi connectivity index (χ3v) is 0.500. The maximum atomic E-state index is 9.66. The van der Waals surface area contributed by atoms with Crippen LogP contribution < -0.4 is 5.11 Å². The summed E-state index contributed by atoms with van der Waals surface area (Å²) in [7, 11) is 0. The molecule has 0 aromatic rings. The van der Waals surface area contributed by atoms with Gasteiger partial charge in [-0.25, -0.2) is 0 Å². The zero-order chi connectivity index (χ0) is 6.08. The van der Waals surface area contributed by atoms with Crippen molar-refractivity contribution in [3.8, 4) is 0 Å². The largest absolute Gasteiger partial charge is 0.547 e. The second-order valence-corrected chi connectivity index (χ2v) is 1.85. The molecule has 0 aromatic carbocycles. The van der Waals surface area contributed by atoms with Gasteiger partial charge in [0, 0.05) is 7.43 Å². The highest BCUT2D eigenvalue weighted by atomic mass is 16.4. The van der Waals surface area contributed by atoms with Gasteiger partial charge in [-0.1, -0.05) is 0 Å². The molecule has 3 heteroatoms. The number of aliphatic hydroxyl groups is 1. The summed E-state index contributed by atoms with van der Waals surface area (Å²) >= 11 is 0. The van der Waals surface area contributed by atoms with Crippen molar-refractivity contribution < 1.29 is 15.0 Å². The topological polar surface area (TPSA) is 60.4 Å². The first kappa shape index (κ1) is 10.3. The van der Waals surface area contributed by atoms with Gasteiger partial charge >= 0.3 is 0 Å². The van der Waals surface area contributed by atoms with Gasteiger partial charge in [-0.3, -0.25) is 0 Å². The third-order valence-electron chi connectivity index (χ3n) is 0.500. The first-order valence-electron chi connectivity index (χ1n) is 1.88. The zero-order valence-corrected chi connectivity index (χ0v) is 5.26. The molecule has 0 heterocycles. The molecule has 0 atom stereocenters. The molecule has 0 radical (unpaired) electrons. The number of carbonyl (C=O) groups excluding carboxylic acids is 1. The van der Waals surface area contributed by atoms with Crippen molar-refractivity contribution >= 4 is 5.97 Å². The summed E-state index contributed by atoms with van der Waals surface area (Å²) in [6.45, 7) is 2.31. The van der Waals surface area contributed by atoms with E-state index in [9.17, 15) is 9.90 Å². The molecule has 8 heavy (non-hydrogen) atoms. The first-order valence-corrected chi connectivity index (χ1v) is 1.88. The number of carboxylic acids is 1. The Morgan fingerprint density at radius 2 is 1.75 bits per heavy atom. The second-order valence-electron chi connectivity index (χ2n) is 1.85. The SMILES string of the molecule is CC(C)(O)C(=O)[O-].[CH3+]. The van der Waals surface area contributed by atoms with E-state index in [1.165, 1.54) is 0 Å². The smallest absolute Gasteiger partial charge is 0.0983 e.